The van der Waals surface area contributed by atoms with Gasteiger partial charge in [0.05, 0.1) is 11.8 Å². The zero-order valence-corrected chi connectivity index (χ0v) is 9.90. The first-order chi connectivity index (χ1) is 7.58. The standard InChI is InChI=1S/C12H19NO3/c1-3-10(14)12(2)9(8-11(15)16-12)13-6-4-5-7-13/h8,10,14H,3-7H2,1-2H3/t10-,12+/m0/s1. The Morgan fingerprint density at radius 3 is 2.75 bits per heavy atom. The van der Waals surface area contributed by atoms with Gasteiger partial charge in [-0.25, -0.2) is 4.79 Å². The highest BCUT2D eigenvalue weighted by Gasteiger charge is 2.46. The van der Waals surface area contributed by atoms with E-state index in [9.17, 15) is 9.90 Å². The lowest BCUT2D eigenvalue weighted by Crippen LogP contribution is -2.46. The molecule has 0 radical (unpaired) electrons. The molecule has 0 aliphatic carbocycles. The first-order valence-corrected chi connectivity index (χ1v) is 5.96. The van der Waals surface area contributed by atoms with Crippen LogP contribution in [0.15, 0.2) is 11.8 Å². The molecular formula is C12H19NO3. The molecular weight excluding hydrogens is 206 g/mol. The van der Waals surface area contributed by atoms with Crippen LogP contribution in [0.3, 0.4) is 0 Å². The number of nitrogens with zero attached hydrogens (tertiary/aromatic N) is 1. The van der Waals surface area contributed by atoms with Gasteiger partial charge in [0.15, 0.2) is 5.60 Å². The monoisotopic (exact) mass is 225 g/mol. The summed E-state index contributed by atoms with van der Waals surface area (Å²) in [5, 5.41) is 10.0. The lowest BCUT2D eigenvalue weighted by atomic mass is 9.93. The quantitative estimate of drug-likeness (QED) is 0.729. The second-order valence-electron chi connectivity index (χ2n) is 4.68. The topological polar surface area (TPSA) is 49.8 Å². The third-order valence-corrected chi connectivity index (χ3v) is 3.55. The van der Waals surface area contributed by atoms with Crippen LogP contribution in [-0.2, 0) is 9.53 Å². The van der Waals surface area contributed by atoms with Gasteiger partial charge in [0.25, 0.3) is 0 Å². The molecule has 2 heterocycles. The maximum Gasteiger partial charge on any atom is 0.333 e. The van der Waals surface area contributed by atoms with Crippen molar-refractivity contribution in [3.8, 4) is 0 Å². The second kappa shape index (κ2) is 4.09. The Kier molecular flexibility index (Phi) is 2.93. The van der Waals surface area contributed by atoms with Crippen LogP contribution in [0, 0.1) is 0 Å². The van der Waals surface area contributed by atoms with Crippen molar-refractivity contribution in [2.45, 2.75) is 44.8 Å². The summed E-state index contributed by atoms with van der Waals surface area (Å²) in [5.41, 5.74) is 0.000231. The zero-order chi connectivity index (χ0) is 11.8. The first-order valence-electron chi connectivity index (χ1n) is 5.96. The third-order valence-electron chi connectivity index (χ3n) is 3.55. The van der Waals surface area contributed by atoms with Gasteiger partial charge in [0, 0.05) is 19.2 Å². The van der Waals surface area contributed by atoms with Gasteiger partial charge in [-0.15, -0.1) is 0 Å². The van der Waals surface area contributed by atoms with E-state index in [1.165, 1.54) is 6.08 Å². The van der Waals surface area contributed by atoms with Gasteiger partial charge in [0.2, 0.25) is 0 Å². The van der Waals surface area contributed by atoms with Crippen LogP contribution in [0.25, 0.3) is 0 Å². The highest BCUT2D eigenvalue weighted by Crippen LogP contribution is 2.36. The van der Waals surface area contributed by atoms with Crippen molar-refractivity contribution in [1.29, 1.82) is 0 Å². The molecule has 90 valence electrons. The van der Waals surface area contributed by atoms with Gasteiger partial charge in [-0.05, 0) is 26.2 Å². The Bertz CT molecular complexity index is 320. The van der Waals surface area contributed by atoms with Crippen molar-refractivity contribution in [3.63, 3.8) is 0 Å². The Morgan fingerprint density at radius 1 is 1.56 bits per heavy atom. The molecule has 2 aliphatic rings. The van der Waals surface area contributed by atoms with Crippen molar-refractivity contribution < 1.29 is 14.6 Å². The molecule has 0 bridgehead atoms. The van der Waals surface area contributed by atoms with E-state index in [0.717, 1.165) is 31.6 Å². The van der Waals surface area contributed by atoms with E-state index < -0.39 is 11.7 Å². The van der Waals surface area contributed by atoms with E-state index in [1.807, 2.05) is 6.92 Å². The fourth-order valence-electron chi connectivity index (χ4n) is 2.54. The Morgan fingerprint density at radius 2 is 2.19 bits per heavy atom. The van der Waals surface area contributed by atoms with E-state index in [-0.39, 0.29) is 5.97 Å². The van der Waals surface area contributed by atoms with Crippen LogP contribution < -0.4 is 0 Å². The Labute approximate surface area is 95.9 Å². The molecule has 0 unspecified atom stereocenters. The summed E-state index contributed by atoms with van der Waals surface area (Å²) in [5.74, 6) is -0.336. The van der Waals surface area contributed by atoms with E-state index in [1.54, 1.807) is 6.92 Å². The molecule has 2 rings (SSSR count). The van der Waals surface area contributed by atoms with Crippen LogP contribution >= 0.6 is 0 Å². The predicted octanol–water partition coefficient (Wildman–Crippen LogP) is 1.05. The zero-order valence-electron chi connectivity index (χ0n) is 9.90. The van der Waals surface area contributed by atoms with Crippen LogP contribution in [0.4, 0.5) is 0 Å². The second-order valence-corrected chi connectivity index (χ2v) is 4.68. The fraction of sp³-hybridized carbons (Fsp3) is 0.750. The van der Waals surface area contributed by atoms with Crippen molar-refractivity contribution in [2.24, 2.45) is 0 Å². The number of hydrogen-bond donors (Lipinski definition) is 1. The normalized spacial score (nSPS) is 31.6. The highest BCUT2D eigenvalue weighted by atomic mass is 16.6. The number of esters is 1. The molecule has 2 atom stereocenters. The predicted molar refractivity (Wildman–Crippen MR) is 59.7 cm³/mol. The molecule has 2 aliphatic heterocycles. The minimum absolute atomic E-state index is 0.336. The minimum Gasteiger partial charge on any atom is -0.447 e. The van der Waals surface area contributed by atoms with Gasteiger partial charge in [0.1, 0.15) is 0 Å². The average Bonchev–Trinajstić information content (AvgIpc) is 2.85. The summed E-state index contributed by atoms with van der Waals surface area (Å²) in [6, 6.07) is 0. The average molecular weight is 225 g/mol. The highest BCUT2D eigenvalue weighted by molar-refractivity contribution is 5.86. The van der Waals surface area contributed by atoms with Crippen LogP contribution in [0.5, 0.6) is 0 Å². The summed E-state index contributed by atoms with van der Waals surface area (Å²) >= 11 is 0. The van der Waals surface area contributed by atoms with Crippen LogP contribution in [0.2, 0.25) is 0 Å². The molecule has 1 saturated heterocycles. The number of aliphatic hydroxyl groups excluding tert-OH is 1. The SMILES string of the molecule is CC[C@H](O)[C@]1(C)OC(=O)C=C1N1CCCC1. The summed E-state index contributed by atoms with van der Waals surface area (Å²) < 4.78 is 5.30. The Hall–Kier alpha value is -1.03. The lowest BCUT2D eigenvalue weighted by Gasteiger charge is -2.35. The number of carbonyl (C=O) groups excluding carboxylic acids is 1. The minimum atomic E-state index is -0.851. The molecule has 4 nitrogen and oxygen atoms in total. The van der Waals surface area contributed by atoms with Crippen molar-refractivity contribution in [1.82, 2.24) is 4.90 Å². The molecule has 0 spiro atoms. The van der Waals surface area contributed by atoms with Crippen molar-refractivity contribution in [3.05, 3.63) is 11.8 Å². The number of ether oxygens (including phenoxy) is 1. The number of likely N-dealkylation sites (tertiary alicyclic amines) is 1. The largest absolute Gasteiger partial charge is 0.447 e. The summed E-state index contributed by atoms with van der Waals surface area (Å²) in [6.07, 6.45) is 3.76. The van der Waals surface area contributed by atoms with E-state index >= 15 is 0 Å². The molecule has 0 aromatic carbocycles. The number of hydrogen-bond acceptors (Lipinski definition) is 4. The van der Waals surface area contributed by atoms with Crippen molar-refractivity contribution >= 4 is 5.97 Å². The fourth-order valence-corrected chi connectivity index (χ4v) is 2.54. The first kappa shape index (κ1) is 11.5. The van der Waals surface area contributed by atoms with Crippen LogP contribution in [-0.4, -0.2) is 40.8 Å². The van der Waals surface area contributed by atoms with Gasteiger partial charge in [-0.1, -0.05) is 6.92 Å². The summed E-state index contributed by atoms with van der Waals surface area (Å²) in [4.78, 5) is 13.6. The molecule has 0 aromatic rings. The lowest BCUT2D eigenvalue weighted by molar-refractivity contribution is -0.155. The third kappa shape index (κ3) is 1.71. The number of rotatable bonds is 3. The molecule has 0 saturated carbocycles. The van der Waals surface area contributed by atoms with Crippen molar-refractivity contribution in [2.75, 3.05) is 13.1 Å². The number of cyclic esters (lactones) is 1. The van der Waals surface area contributed by atoms with Gasteiger partial charge in [-0.2, -0.15) is 0 Å². The van der Waals surface area contributed by atoms with Gasteiger partial charge >= 0.3 is 5.97 Å². The van der Waals surface area contributed by atoms with Gasteiger partial charge < -0.3 is 14.7 Å². The summed E-state index contributed by atoms with van der Waals surface area (Å²) in [6.45, 7) is 5.60. The smallest absolute Gasteiger partial charge is 0.333 e. The molecule has 4 heteroatoms. The molecule has 1 N–H and O–H groups in total. The number of aliphatic hydroxyl groups is 1. The van der Waals surface area contributed by atoms with E-state index in [4.69, 9.17) is 4.74 Å². The maximum absolute atomic E-state index is 11.4. The molecule has 1 fully saturated rings. The van der Waals surface area contributed by atoms with E-state index in [0.29, 0.717) is 6.42 Å². The molecule has 0 amide bonds. The summed E-state index contributed by atoms with van der Waals surface area (Å²) in [7, 11) is 0. The number of carbonyl (C=O) groups is 1. The molecule has 0 aromatic heterocycles. The molecule has 16 heavy (non-hydrogen) atoms. The van der Waals surface area contributed by atoms with E-state index in [2.05, 4.69) is 4.90 Å². The Balaban J connectivity index is 2.25. The maximum atomic E-state index is 11.4. The van der Waals surface area contributed by atoms with Gasteiger partial charge in [-0.3, -0.25) is 0 Å². The van der Waals surface area contributed by atoms with Crippen LogP contribution in [0.1, 0.15) is 33.1 Å².